The maximum atomic E-state index is 5.77. The van der Waals surface area contributed by atoms with E-state index in [0.717, 1.165) is 37.5 Å². The number of aromatic nitrogens is 1. The molecule has 1 N–H and O–H groups in total. The van der Waals surface area contributed by atoms with Crippen LogP contribution in [-0.4, -0.2) is 42.2 Å². The van der Waals surface area contributed by atoms with Crippen LogP contribution in [0.15, 0.2) is 18.3 Å². The summed E-state index contributed by atoms with van der Waals surface area (Å²) in [5.74, 6) is 1.73. The molecule has 1 aromatic heterocycles. The van der Waals surface area contributed by atoms with Crippen LogP contribution >= 0.6 is 0 Å². The summed E-state index contributed by atoms with van der Waals surface area (Å²) in [5, 5.41) is 3.51. The van der Waals surface area contributed by atoms with E-state index in [0.29, 0.717) is 6.04 Å². The van der Waals surface area contributed by atoms with Gasteiger partial charge in [0.25, 0.3) is 0 Å². The van der Waals surface area contributed by atoms with Gasteiger partial charge in [0.15, 0.2) is 11.6 Å². The second-order valence-electron chi connectivity index (χ2n) is 5.24. The summed E-state index contributed by atoms with van der Waals surface area (Å²) >= 11 is 0. The monoisotopic (exact) mass is 249 g/mol. The standard InChI is InChI=1S/C14H23N3O/c1-11(2)18-13-5-4-8-15-14(13)16-12-6-9-17(3)10-7-12/h4-5,8,11-12H,6-7,9-10H2,1-3H3,(H,15,16). The topological polar surface area (TPSA) is 37.4 Å². The third-order valence-electron chi connectivity index (χ3n) is 3.19. The fourth-order valence-corrected chi connectivity index (χ4v) is 2.19. The molecule has 1 aliphatic rings. The average molecular weight is 249 g/mol. The van der Waals surface area contributed by atoms with Crippen molar-refractivity contribution in [1.29, 1.82) is 0 Å². The first-order chi connectivity index (χ1) is 8.65. The van der Waals surface area contributed by atoms with Gasteiger partial charge in [-0.3, -0.25) is 0 Å². The highest BCUT2D eigenvalue weighted by Crippen LogP contribution is 2.24. The van der Waals surface area contributed by atoms with Gasteiger partial charge in [-0.05, 0) is 59.0 Å². The molecule has 1 aromatic rings. The maximum absolute atomic E-state index is 5.77. The molecular weight excluding hydrogens is 226 g/mol. The van der Waals surface area contributed by atoms with Gasteiger partial charge in [0, 0.05) is 12.2 Å². The van der Waals surface area contributed by atoms with Gasteiger partial charge in [0.2, 0.25) is 0 Å². The molecule has 1 saturated heterocycles. The van der Waals surface area contributed by atoms with Crippen molar-refractivity contribution in [1.82, 2.24) is 9.88 Å². The van der Waals surface area contributed by atoms with Gasteiger partial charge in [-0.15, -0.1) is 0 Å². The van der Waals surface area contributed by atoms with E-state index in [-0.39, 0.29) is 6.10 Å². The fourth-order valence-electron chi connectivity index (χ4n) is 2.19. The Morgan fingerprint density at radius 1 is 1.39 bits per heavy atom. The van der Waals surface area contributed by atoms with Gasteiger partial charge in [0.05, 0.1) is 6.10 Å². The number of likely N-dealkylation sites (tertiary alicyclic amines) is 1. The van der Waals surface area contributed by atoms with Crippen LogP contribution in [0.2, 0.25) is 0 Å². The maximum Gasteiger partial charge on any atom is 0.168 e. The number of ether oxygens (including phenoxy) is 1. The summed E-state index contributed by atoms with van der Waals surface area (Å²) in [6, 6.07) is 4.40. The highest BCUT2D eigenvalue weighted by Gasteiger charge is 2.18. The Bertz CT molecular complexity index is 373. The Balaban J connectivity index is 2.00. The van der Waals surface area contributed by atoms with Crippen LogP contribution in [-0.2, 0) is 0 Å². The van der Waals surface area contributed by atoms with Crippen molar-refractivity contribution >= 4 is 5.82 Å². The first-order valence-electron chi connectivity index (χ1n) is 6.72. The molecule has 0 bridgehead atoms. The lowest BCUT2D eigenvalue weighted by molar-refractivity contribution is 0.241. The molecule has 2 heterocycles. The Hall–Kier alpha value is -1.29. The van der Waals surface area contributed by atoms with Crippen LogP contribution in [0.5, 0.6) is 5.75 Å². The summed E-state index contributed by atoms with van der Waals surface area (Å²) in [7, 11) is 2.17. The van der Waals surface area contributed by atoms with E-state index in [1.165, 1.54) is 0 Å². The second kappa shape index (κ2) is 6.05. The molecule has 4 nitrogen and oxygen atoms in total. The zero-order chi connectivity index (χ0) is 13.0. The first kappa shape index (κ1) is 13.1. The van der Waals surface area contributed by atoms with E-state index < -0.39 is 0 Å². The van der Waals surface area contributed by atoms with Crippen LogP contribution in [0.4, 0.5) is 5.82 Å². The van der Waals surface area contributed by atoms with E-state index in [1.807, 2.05) is 32.2 Å². The van der Waals surface area contributed by atoms with Gasteiger partial charge in [-0.2, -0.15) is 0 Å². The molecule has 0 spiro atoms. The molecule has 0 radical (unpaired) electrons. The number of nitrogens with one attached hydrogen (secondary N) is 1. The Kier molecular flexibility index (Phi) is 4.42. The normalized spacial score (nSPS) is 18.0. The molecule has 2 rings (SSSR count). The molecular formula is C14H23N3O. The average Bonchev–Trinajstić information content (AvgIpc) is 2.34. The molecule has 1 fully saturated rings. The number of anilines is 1. The van der Waals surface area contributed by atoms with Crippen molar-refractivity contribution in [3.05, 3.63) is 18.3 Å². The lowest BCUT2D eigenvalue weighted by atomic mass is 10.1. The Morgan fingerprint density at radius 3 is 2.78 bits per heavy atom. The second-order valence-corrected chi connectivity index (χ2v) is 5.24. The summed E-state index contributed by atoms with van der Waals surface area (Å²) < 4.78 is 5.77. The zero-order valence-electron chi connectivity index (χ0n) is 11.5. The van der Waals surface area contributed by atoms with Crippen molar-refractivity contribution < 1.29 is 4.74 Å². The van der Waals surface area contributed by atoms with Crippen molar-refractivity contribution in [2.75, 3.05) is 25.5 Å². The van der Waals surface area contributed by atoms with Gasteiger partial charge in [-0.1, -0.05) is 0 Å². The van der Waals surface area contributed by atoms with Gasteiger partial charge in [-0.25, -0.2) is 4.98 Å². The summed E-state index contributed by atoms with van der Waals surface area (Å²) in [6.45, 7) is 6.36. The largest absolute Gasteiger partial charge is 0.487 e. The molecule has 0 aliphatic carbocycles. The van der Waals surface area contributed by atoms with Crippen LogP contribution in [0, 0.1) is 0 Å². The minimum absolute atomic E-state index is 0.173. The smallest absolute Gasteiger partial charge is 0.168 e. The molecule has 1 aliphatic heterocycles. The van der Waals surface area contributed by atoms with Gasteiger partial charge in [0.1, 0.15) is 0 Å². The predicted octanol–water partition coefficient (Wildman–Crippen LogP) is 2.37. The van der Waals surface area contributed by atoms with E-state index in [4.69, 9.17) is 4.74 Å². The number of piperidine rings is 1. The zero-order valence-corrected chi connectivity index (χ0v) is 11.5. The first-order valence-corrected chi connectivity index (χ1v) is 6.72. The van der Waals surface area contributed by atoms with E-state index in [1.54, 1.807) is 0 Å². The van der Waals surface area contributed by atoms with E-state index >= 15 is 0 Å². The fraction of sp³-hybridized carbons (Fsp3) is 0.643. The molecule has 18 heavy (non-hydrogen) atoms. The van der Waals surface area contributed by atoms with Crippen molar-refractivity contribution in [3.8, 4) is 5.75 Å². The highest BCUT2D eigenvalue weighted by atomic mass is 16.5. The predicted molar refractivity (Wildman–Crippen MR) is 74.1 cm³/mol. The lowest BCUT2D eigenvalue weighted by Gasteiger charge is -2.30. The molecule has 0 saturated carbocycles. The number of rotatable bonds is 4. The third-order valence-corrected chi connectivity index (χ3v) is 3.19. The van der Waals surface area contributed by atoms with Gasteiger partial charge < -0.3 is 15.0 Å². The van der Waals surface area contributed by atoms with Crippen LogP contribution < -0.4 is 10.1 Å². The van der Waals surface area contributed by atoms with Crippen molar-refractivity contribution in [2.45, 2.75) is 38.8 Å². The molecule has 4 heteroatoms. The SMILES string of the molecule is CC(C)Oc1cccnc1NC1CCN(C)CC1. The van der Waals surface area contributed by atoms with Crippen LogP contribution in [0.3, 0.4) is 0 Å². The van der Waals surface area contributed by atoms with Crippen LogP contribution in [0.1, 0.15) is 26.7 Å². The number of nitrogens with zero attached hydrogens (tertiary/aromatic N) is 2. The summed E-state index contributed by atoms with van der Waals surface area (Å²) in [6.07, 6.45) is 4.31. The minimum Gasteiger partial charge on any atom is -0.487 e. The number of hydrogen-bond acceptors (Lipinski definition) is 4. The Morgan fingerprint density at radius 2 is 2.11 bits per heavy atom. The lowest BCUT2D eigenvalue weighted by Crippen LogP contribution is -2.37. The third kappa shape index (κ3) is 3.60. The van der Waals surface area contributed by atoms with E-state index in [9.17, 15) is 0 Å². The molecule has 0 atom stereocenters. The minimum atomic E-state index is 0.173. The summed E-state index contributed by atoms with van der Waals surface area (Å²) in [4.78, 5) is 6.76. The van der Waals surface area contributed by atoms with E-state index in [2.05, 4.69) is 22.2 Å². The molecule has 0 aromatic carbocycles. The summed E-state index contributed by atoms with van der Waals surface area (Å²) in [5.41, 5.74) is 0. The van der Waals surface area contributed by atoms with Crippen molar-refractivity contribution in [3.63, 3.8) is 0 Å². The van der Waals surface area contributed by atoms with Crippen LogP contribution in [0.25, 0.3) is 0 Å². The quantitative estimate of drug-likeness (QED) is 0.889. The molecule has 0 unspecified atom stereocenters. The number of hydrogen-bond donors (Lipinski definition) is 1. The highest BCUT2D eigenvalue weighted by molar-refractivity contribution is 5.50. The molecule has 100 valence electrons. The van der Waals surface area contributed by atoms with Crippen molar-refractivity contribution in [2.24, 2.45) is 0 Å². The number of pyridine rings is 1. The Labute approximate surface area is 109 Å². The molecule has 0 amide bonds. The van der Waals surface area contributed by atoms with Gasteiger partial charge >= 0.3 is 0 Å².